The van der Waals surface area contributed by atoms with Gasteiger partial charge in [-0.2, -0.15) is 0 Å². The zero-order chi connectivity index (χ0) is 13.2. The third kappa shape index (κ3) is 4.89. The molecular formula is C15H22N2O. The molecule has 1 atom stereocenters. The highest BCUT2D eigenvalue weighted by molar-refractivity contribution is 5.26. The van der Waals surface area contributed by atoms with E-state index in [4.69, 9.17) is 10.5 Å². The molecule has 0 aromatic heterocycles. The van der Waals surface area contributed by atoms with E-state index in [9.17, 15) is 0 Å². The molecule has 0 saturated carbocycles. The Bertz CT molecular complexity index is 406. The Labute approximate surface area is 110 Å². The maximum atomic E-state index is 5.81. The van der Waals surface area contributed by atoms with Crippen molar-refractivity contribution in [2.45, 2.75) is 26.0 Å². The van der Waals surface area contributed by atoms with Crippen LogP contribution in [0, 0.1) is 11.8 Å². The largest absolute Gasteiger partial charge is 0.380 e. The van der Waals surface area contributed by atoms with Crippen molar-refractivity contribution in [3.05, 3.63) is 35.4 Å². The van der Waals surface area contributed by atoms with E-state index in [-0.39, 0.29) is 6.04 Å². The van der Waals surface area contributed by atoms with Crippen LogP contribution in [0.1, 0.15) is 30.5 Å². The zero-order valence-electron chi connectivity index (χ0n) is 11.2. The lowest BCUT2D eigenvalue weighted by molar-refractivity contribution is 0.185. The first-order chi connectivity index (χ1) is 8.81. The molecule has 0 saturated heterocycles. The van der Waals surface area contributed by atoms with Crippen LogP contribution in [0.3, 0.4) is 0 Å². The van der Waals surface area contributed by atoms with Gasteiger partial charge >= 0.3 is 0 Å². The van der Waals surface area contributed by atoms with E-state index in [0.29, 0.717) is 13.2 Å². The van der Waals surface area contributed by atoms with Crippen LogP contribution in [0.2, 0.25) is 0 Å². The van der Waals surface area contributed by atoms with Crippen LogP contribution in [-0.2, 0) is 11.3 Å². The van der Waals surface area contributed by atoms with E-state index in [1.165, 1.54) is 11.1 Å². The summed E-state index contributed by atoms with van der Waals surface area (Å²) in [6.45, 7) is 3.92. The molecule has 0 bridgehead atoms. The molecule has 0 amide bonds. The molecule has 0 spiro atoms. The lowest BCUT2D eigenvalue weighted by atomic mass is 10.0. The predicted octanol–water partition coefficient (Wildman–Crippen LogP) is 1.84. The number of rotatable bonds is 7. The minimum atomic E-state index is 0.181. The number of methoxy groups -OCH3 is 1. The summed E-state index contributed by atoms with van der Waals surface area (Å²) in [5, 5.41) is 3.42. The van der Waals surface area contributed by atoms with Gasteiger partial charge in [-0.3, -0.25) is 0 Å². The molecule has 0 aliphatic rings. The third-order valence-corrected chi connectivity index (χ3v) is 2.72. The Morgan fingerprint density at radius 1 is 1.44 bits per heavy atom. The summed E-state index contributed by atoms with van der Waals surface area (Å²) in [7, 11) is 1.70. The summed E-state index contributed by atoms with van der Waals surface area (Å²) in [6.07, 6.45) is 0.852. The molecule has 3 N–H and O–H groups in total. The van der Waals surface area contributed by atoms with Gasteiger partial charge in [-0.15, -0.1) is 11.8 Å². The minimum Gasteiger partial charge on any atom is -0.380 e. The Morgan fingerprint density at radius 2 is 2.28 bits per heavy atom. The number of benzene rings is 1. The molecule has 98 valence electrons. The highest BCUT2D eigenvalue weighted by atomic mass is 16.5. The summed E-state index contributed by atoms with van der Waals surface area (Å²) in [6, 6.07) is 8.51. The van der Waals surface area contributed by atoms with Crippen LogP contribution < -0.4 is 11.1 Å². The van der Waals surface area contributed by atoms with Crippen LogP contribution >= 0.6 is 0 Å². The number of hydrogen-bond donors (Lipinski definition) is 2. The topological polar surface area (TPSA) is 47.3 Å². The molecule has 0 fully saturated rings. The molecule has 0 radical (unpaired) electrons. The van der Waals surface area contributed by atoms with Crippen LogP contribution in [0.15, 0.2) is 24.3 Å². The van der Waals surface area contributed by atoms with Crippen molar-refractivity contribution in [1.29, 1.82) is 0 Å². The summed E-state index contributed by atoms with van der Waals surface area (Å²) < 4.78 is 5.14. The van der Waals surface area contributed by atoms with E-state index < -0.39 is 0 Å². The lowest BCUT2D eigenvalue weighted by Gasteiger charge is -2.17. The molecule has 0 aliphatic carbocycles. The van der Waals surface area contributed by atoms with Gasteiger partial charge < -0.3 is 15.8 Å². The van der Waals surface area contributed by atoms with Crippen molar-refractivity contribution in [2.24, 2.45) is 5.73 Å². The molecule has 1 rings (SSSR count). The first-order valence-corrected chi connectivity index (χ1v) is 6.22. The number of hydrogen-bond acceptors (Lipinski definition) is 3. The van der Waals surface area contributed by atoms with Gasteiger partial charge in [-0.1, -0.05) is 24.3 Å². The van der Waals surface area contributed by atoms with Crippen molar-refractivity contribution in [3.8, 4) is 11.8 Å². The third-order valence-electron chi connectivity index (χ3n) is 2.72. The average molecular weight is 246 g/mol. The highest BCUT2D eigenvalue weighted by Gasteiger charge is 2.08. The van der Waals surface area contributed by atoms with Gasteiger partial charge in [0.2, 0.25) is 0 Å². The summed E-state index contributed by atoms with van der Waals surface area (Å²) >= 11 is 0. The number of ether oxygens (including phenoxy) is 1. The predicted molar refractivity (Wildman–Crippen MR) is 75.0 cm³/mol. The molecule has 3 nitrogen and oxygen atoms in total. The molecule has 0 heterocycles. The molecule has 3 heteroatoms. The van der Waals surface area contributed by atoms with E-state index in [2.05, 4.69) is 35.4 Å². The molecule has 18 heavy (non-hydrogen) atoms. The van der Waals surface area contributed by atoms with Gasteiger partial charge in [0.25, 0.3) is 0 Å². The highest BCUT2D eigenvalue weighted by Crippen LogP contribution is 2.14. The minimum absolute atomic E-state index is 0.181. The van der Waals surface area contributed by atoms with Crippen LogP contribution in [0.5, 0.6) is 0 Å². The van der Waals surface area contributed by atoms with Gasteiger partial charge in [-0.05, 0) is 18.1 Å². The van der Waals surface area contributed by atoms with Crippen molar-refractivity contribution in [3.63, 3.8) is 0 Å². The standard InChI is InChI=1S/C15H22N2O/c1-3-4-5-9-17-15(11-16)14-8-6-7-13(10-14)12-18-2/h6-8,10,15,17H,5,9,11-12,16H2,1-2H3. The molecule has 0 aliphatic heterocycles. The monoisotopic (exact) mass is 246 g/mol. The van der Waals surface area contributed by atoms with E-state index in [0.717, 1.165) is 13.0 Å². The number of nitrogens with one attached hydrogen (secondary N) is 1. The van der Waals surface area contributed by atoms with Crippen molar-refractivity contribution >= 4 is 0 Å². The summed E-state index contributed by atoms with van der Waals surface area (Å²) in [4.78, 5) is 0. The smallest absolute Gasteiger partial charge is 0.0713 e. The van der Waals surface area contributed by atoms with Crippen molar-refractivity contribution < 1.29 is 4.74 Å². The quantitative estimate of drug-likeness (QED) is 0.570. The molecule has 1 aromatic carbocycles. The molecular weight excluding hydrogens is 224 g/mol. The van der Waals surface area contributed by atoms with Gasteiger partial charge in [0.15, 0.2) is 0 Å². The second kappa shape index (κ2) is 8.71. The van der Waals surface area contributed by atoms with Crippen LogP contribution in [0.4, 0.5) is 0 Å². The van der Waals surface area contributed by atoms with E-state index >= 15 is 0 Å². The normalized spacial score (nSPS) is 11.7. The van der Waals surface area contributed by atoms with Crippen molar-refractivity contribution in [2.75, 3.05) is 20.2 Å². The van der Waals surface area contributed by atoms with Gasteiger partial charge in [0.1, 0.15) is 0 Å². The van der Waals surface area contributed by atoms with Crippen LogP contribution in [-0.4, -0.2) is 20.2 Å². The van der Waals surface area contributed by atoms with Gasteiger partial charge in [0.05, 0.1) is 6.61 Å². The lowest BCUT2D eigenvalue weighted by Crippen LogP contribution is -2.29. The Morgan fingerprint density at radius 3 is 2.94 bits per heavy atom. The number of nitrogens with two attached hydrogens (primary N) is 1. The van der Waals surface area contributed by atoms with E-state index in [1.807, 2.05) is 13.0 Å². The van der Waals surface area contributed by atoms with Crippen molar-refractivity contribution in [1.82, 2.24) is 5.32 Å². The zero-order valence-corrected chi connectivity index (χ0v) is 11.2. The molecule has 1 unspecified atom stereocenters. The Balaban J connectivity index is 2.62. The van der Waals surface area contributed by atoms with Crippen LogP contribution in [0.25, 0.3) is 0 Å². The first-order valence-electron chi connectivity index (χ1n) is 6.22. The maximum absolute atomic E-state index is 5.81. The Kier molecular flexibility index (Phi) is 7.12. The van der Waals surface area contributed by atoms with Gasteiger partial charge in [0, 0.05) is 32.7 Å². The fraction of sp³-hybridized carbons (Fsp3) is 0.467. The summed E-state index contributed by atoms with van der Waals surface area (Å²) in [5.74, 6) is 5.92. The second-order valence-corrected chi connectivity index (χ2v) is 4.10. The SMILES string of the molecule is CC#CCCNC(CN)c1cccc(COC)c1. The summed E-state index contributed by atoms with van der Waals surface area (Å²) in [5.41, 5.74) is 8.19. The fourth-order valence-corrected chi connectivity index (χ4v) is 1.84. The first kappa shape index (κ1) is 14.7. The second-order valence-electron chi connectivity index (χ2n) is 4.10. The fourth-order valence-electron chi connectivity index (χ4n) is 1.84. The van der Waals surface area contributed by atoms with Gasteiger partial charge in [-0.25, -0.2) is 0 Å². The van der Waals surface area contributed by atoms with E-state index in [1.54, 1.807) is 7.11 Å². The molecule has 1 aromatic rings. The maximum Gasteiger partial charge on any atom is 0.0713 e. The average Bonchev–Trinajstić information content (AvgIpc) is 2.40. The Hall–Kier alpha value is -1.34.